The highest BCUT2D eigenvalue weighted by atomic mass is 14.9. The van der Waals surface area contributed by atoms with E-state index in [1.165, 1.54) is 5.56 Å². The summed E-state index contributed by atoms with van der Waals surface area (Å²) >= 11 is 0. The third kappa shape index (κ3) is 2.82. The number of pyridine rings is 1. The van der Waals surface area contributed by atoms with Gasteiger partial charge in [0.15, 0.2) is 0 Å². The van der Waals surface area contributed by atoms with E-state index in [1.807, 2.05) is 13.0 Å². The molecule has 14 heavy (non-hydrogen) atoms. The van der Waals surface area contributed by atoms with Gasteiger partial charge in [-0.1, -0.05) is 13.0 Å². The van der Waals surface area contributed by atoms with Gasteiger partial charge in [0, 0.05) is 12.7 Å². The van der Waals surface area contributed by atoms with Crippen LogP contribution in [-0.4, -0.2) is 11.0 Å². The standard InChI is InChI=1S/C11H15N3/c1-3-10-5-4-6-13-11(10)8-14-9(2)7-12/h4-6,9,14H,3,8H2,1-2H3. The maximum absolute atomic E-state index is 8.61. The van der Waals surface area contributed by atoms with Crippen molar-refractivity contribution >= 4 is 0 Å². The van der Waals surface area contributed by atoms with Gasteiger partial charge in [-0.05, 0) is 25.0 Å². The van der Waals surface area contributed by atoms with Crippen LogP contribution in [0.4, 0.5) is 0 Å². The minimum Gasteiger partial charge on any atom is -0.296 e. The summed E-state index contributed by atoms with van der Waals surface area (Å²) in [6.45, 7) is 4.61. The van der Waals surface area contributed by atoms with Crippen LogP contribution in [0.25, 0.3) is 0 Å². The van der Waals surface area contributed by atoms with Gasteiger partial charge in [-0.2, -0.15) is 5.26 Å². The third-order valence-electron chi connectivity index (χ3n) is 2.13. The summed E-state index contributed by atoms with van der Waals surface area (Å²) in [6.07, 6.45) is 2.76. The van der Waals surface area contributed by atoms with Crippen LogP contribution in [0, 0.1) is 11.3 Å². The fraction of sp³-hybridized carbons (Fsp3) is 0.455. The normalized spacial score (nSPS) is 12.1. The lowest BCUT2D eigenvalue weighted by Gasteiger charge is -2.08. The molecule has 0 amide bonds. The summed E-state index contributed by atoms with van der Waals surface area (Å²) in [4.78, 5) is 4.28. The Hall–Kier alpha value is -1.40. The van der Waals surface area contributed by atoms with E-state index in [9.17, 15) is 0 Å². The Morgan fingerprint density at radius 3 is 3.07 bits per heavy atom. The molecule has 1 N–H and O–H groups in total. The Morgan fingerprint density at radius 2 is 2.43 bits per heavy atom. The lowest BCUT2D eigenvalue weighted by Crippen LogP contribution is -2.24. The van der Waals surface area contributed by atoms with Crippen LogP contribution >= 0.6 is 0 Å². The summed E-state index contributed by atoms with van der Waals surface area (Å²) < 4.78 is 0. The number of hydrogen-bond acceptors (Lipinski definition) is 3. The van der Waals surface area contributed by atoms with Crippen molar-refractivity contribution in [2.24, 2.45) is 0 Å². The summed E-state index contributed by atoms with van der Waals surface area (Å²) in [5.74, 6) is 0. The Balaban J connectivity index is 2.63. The molecule has 0 spiro atoms. The first-order chi connectivity index (χ1) is 6.77. The van der Waals surface area contributed by atoms with E-state index in [1.54, 1.807) is 6.20 Å². The zero-order valence-electron chi connectivity index (χ0n) is 8.62. The quantitative estimate of drug-likeness (QED) is 0.783. The van der Waals surface area contributed by atoms with Gasteiger partial charge in [0.2, 0.25) is 0 Å². The molecule has 74 valence electrons. The molecule has 0 saturated heterocycles. The molecular formula is C11H15N3. The highest BCUT2D eigenvalue weighted by molar-refractivity contribution is 5.19. The van der Waals surface area contributed by atoms with Crippen molar-refractivity contribution in [2.75, 3.05) is 0 Å². The fourth-order valence-electron chi connectivity index (χ4n) is 1.25. The summed E-state index contributed by atoms with van der Waals surface area (Å²) in [7, 11) is 0. The van der Waals surface area contributed by atoms with Gasteiger partial charge in [-0.25, -0.2) is 0 Å². The number of hydrogen-bond donors (Lipinski definition) is 1. The molecule has 1 aromatic heterocycles. The lowest BCUT2D eigenvalue weighted by molar-refractivity contribution is 0.628. The first kappa shape index (κ1) is 10.7. The van der Waals surface area contributed by atoms with E-state index in [0.717, 1.165) is 12.1 Å². The summed E-state index contributed by atoms with van der Waals surface area (Å²) in [6, 6.07) is 6.02. The predicted molar refractivity (Wildman–Crippen MR) is 55.5 cm³/mol. The Morgan fingerprint density at radius 1 is 1.64 bits per heavy atom. The highest BCUT2D eigenvalue weighted by Crippen LogP contribution is 2.05. The molecule has 0 aromatic carbocycles. The number of rotatable bonds is 4. The molecule has 0 fully saturated rings. The SMILES string of the molecule is CCc1cccnc1CNC(C)C#N. The minimum atomic E-state index is -0.123. The van der Waals surface area contributed by atoms with Crippen molar-refractivity contribution in [3.8, 4) is 6.07 Å². The zero-order chi connectivity index (χ0) is 10.4. The molecule has 0 aliphatic carbocycles. The maximum atomic E-state index is 8.61. The fourth-order valence-corrected chi connectivity index (χ4v) is 1.25. The van der Waals surface area contributed by atoms with Crippen molar-refractivity contribution in [1.82, 2.24) is 10.3 Å². The van der Waals surface area contributed by atoms with E-state index in [-0.39, 0.29) is 6.04 Å². The van der Waals surface area contributed by atoms with Crippen LogP contribution in [-0.2, 0) is 13.0 Å². The molecule has 3 nitrogen and oxygen atoms in total. The molecule has 1 rings (SSSR count). The van der Waals surface area contributed by atoms with Crippen LogP contribution in [0.1, 0.15) is 25.1 Å². The van der Waals surface area contributed by atoms with Crippen molar-refractivity contribution in [2.45, 2.75) is 32.9 Å². The Kier molecular flexibility index (Phi) is 4.09. The number of nitrogens with one attached hydrogen (secondary N) is 1. The minimum absolute atomic E-state index is 0.123. The molecule has 3 heteroatoms. The molecule has 1 atom stereocenters. The van der Waals surface area contributed by atoms with Gasteiger partial charge < -0.3 is 0 Å². The van der Waals surface area contributed by atoms with E-state index in [2.05, 4.69) is 29.4 Å². The molecule has 1 aromatic rings. The third-order valence-corrected chi connectivity index (χ3v) is 2.13. The number of aromatic nitrogens is 1. The second kappa shape index (κ2) is 5.36. The van der Waals surface area contributed by atoms with Crippen molar-refractivity contribution < 1.29 is 0 Å². The van der Waals surface area contributed by atoms with Gasteiger partial charge in [0.05, 0.1) is 17.8 Å². The lowest BCUT2D eigenvalue weighted by atomic mass is 10.1. The van der Waals surface area contributed by atoms with Crippen LogP contribution in [0.15, 0.2) is 18.3 Å². The highest BCUT2D eigenvalue weighted by Gasteiger charge is 2.03. The molecule has 0 radical (unpaired) electrons. The molecule has 1 unspecified atom stereocenters. The largest absolute Gasteiger partial charge is 0.296 e. The topological polar surface area (TPSA) is 48.7 Å². The average Bonchev–Trinajstić information content (AvgIpc) is 2.26. The average molecular weight is 189 g/mol. The zero-order valence-corrected chi connectivity index (χ0v) is 8.62. The van der Waals surface area contributed by atoms with E-state index in [4.69, 9.17) is 5.26 Å². The van der Waals surface area contributed by atoms with E-state index in [0.29, 0.717) is 6.54 Å². The molecule has 0 bridgehead atoms. The van der Waals surface area contributed by atoms with E-state index < -0.39 is 0 Å². The predicted octanol–water partition coefficient (Wildman–Crippen LogP) is 1.65. The van der Waals surface area contributed by atoms with Crippen LogP contribution in [0.3, 0.4) is 0 Å². The second-order valence-electron chi connectivity index (χ2n) is 3.19. The molecule has 0 aliphatic rings. The number of nitrogens with zero attached hydrogens (tertiary/aromatic N) is 2. The van der Waals surface area contributed by atoms with Crippen LogP contribution in [0.2, 0.25) is 0 Å². The first-order valence-electron chi connectivity index (χ1n) is 4.83. The van der Waals surface area contributed by atoms with Gasteiger partial charge in [-0.15, -0.1) is 0 Å². The molecule has 1 heterocycles. The number of nitriles is 1. The van der Waals surface area contributed by atoms with Crippen molar-refractivity contribution in [3.05, 3.63) is 29.6 Å². The summed E-state index contributed by atoms with van der Waals surface area (Å²) in [5.41, 5.74) is 2.28. The van der Waals surface area contributed by atoms with E-state index >= 15 is 0 Å². The van der Waals surface area contributed by atoms with Gasteiger partial charge in [-0.3, -0.25) is 10.3 Å². The first-order valence-corrected chi connectivity index (χ1v) is 4.83. The molecular weight excluding hydrogens is 174 g/mol. The molecule has 0 aliphatic heterocycles. The Bertz CT molecular complexity index is 328. The van der Waals surface area contributed by atoms with Gasteiger partial charge in [0.1, 0.15) is 0 Å². The van der Waals surface area contributed by atoms with Gasteiger partial charge in [0.25, 0.3) is 0 Å². The van der Waals surface area contributed by atoms with Crippen LogP contribution < -0.4 is 5.32 Å². The maximum Gasteiger partial charge on any atom is 0.0927 e. The smallest absolute Gasteiger partial charge is 0.0927 e. The monoisotopic (exact) mass is 189 g/mol. The molecule has 0 saturated carbocycles. The van der Waals surface area contributed by atoms with Crippen molar-refractivity contribution in [3.63, 3.8) is 0 Å². The summed E-state index contributed by atoms with van der Waals surface area (Å²) in [5, 5.41) is 11.7. The second-order valence-corrected chi connectivity index (χ2v) is 3.19. The van der Waals surface area contributed by atoms with Crippen molar-refractivity contribution in [1.29, 1.82) is 5.26 Å². The van der Waals surface area contributed by atoms with Crippen LogP contribution in [0.5, 0.6) is 0 Å². The Labute approximate surface area is 84.8 Å². The van der Waals surface area contributed by atoms with Gasteiger partial charge >= 0.3 is 0 Å². The number of aryl methyl sites for hydroxylation is 1.